The standard InChI is InChI=1S/C12H10BrF3N2O3/c13-7-4-10-9(20-1-2-21-10)3-6(7)8-5-11(19,18-17-8)12(14,15)16/h3-4,18-19H,1-2,5H2/t11-/m1/s1. The van der Waals surface area contributed by atoms with Crippen LogP contribution in [0.25, 0.3) is 0 Å². The number of halogens is 4. The van der Waals surface area contributed by atoms with Crippen LogP contribution in [-0.2, 0) is 0 Å². The van der Waals surface area contributed by atoms with Crippen molar-refractivity contribution in [3.05, 3.63) is 22.2 Å². The van der Waals surface area contributed by atoms with E-state index in [-0.39, 0.29) is 5.71 Å². The van der Waals surface area contributed by atoms with E-state index >= 15 is 0 Å². The molecule has 3 rings (SSSR count). The highest BCUT2D eigenvalue weighted by Crippen LogP contribution is 2.39. The van der Waals surface area contributed by atoms with Gasteiger partial charge in [0.25, 0.3) is 5.72 Å². The van der Waals surface area contributed by atoms with E-state index in [0.717, 1.165) is 0 Å². The number of benzene rings is 1. The van der Waals surface area contributed by atoms with Crippen LogP contribution < -0.4 is 14.9 Å². The Morgan fingerprint density at radius 2 is 1.86 bits per heavy atom. The van der Waals surface area contributed by atoms with Crippen molar-refractivity contribution < 1.29 is 27.8 Å². The molecule has 1 aromatic carbocycles. The molecule has 2 N–H and O–H groups in total. The number of ether oxygens (including phenoxy) is 2. The molecule has 0 aromatic heterocycles. The summed E-state index contributed by atoms with van der Waals surface area (Å²) >= 11 is 3.27. The van der Waals surface area contributed by atoms with Gasteiger partial charge in [-0.15, -0.1) is 0 Å². The lowest BCUT2D eigenvalue weighted by Crippen LogP contribution is -2.52. The molecule has 1 aromatic rings. The van der Waals surface area contributed by atoms with Crippen molar-refractivity contribution >= 4 is 21.6 Å². The second-order valence-corrected chi connectivity index (χ2v) is 5.54. The molecule has 0 unspecified atom stereocenters. The van der Waals surface area contributed by atoms with Crippen LogP contribution in [0.1, 0.15) is 12.0 Å². The lowest BCUT2D eigenvalue weighted by molar-refractivity contribution is -0.266. The molecule has 1 atom stereocenters. The normalized spacial score (nSPS) is 24.5. The molecule has 9 heteroatoms. The first-order valence-corrected chi connectivity index (χ1v) is 6.82. The van der Waals surface area contributed by atoms with E-state index in [9.17, 15) is 18.3 Å². The lowest BCUT2D eigenvalue weighted by Gasteiger charge is -2.25. The van der Waals surface area contributed by atoms with E-state index in [1.807, 2.05) is 0 Å². The molecule has 0 saturated carbocycles. The fourth-order valence-electron chi connectivity index (χ4n) is 2.09. The summed E-state index contributed by atoms with van der Waals surface area (Å²) in [6.07, 6.45) is -5.51. The summed E-state index contributed by atoms with van der Waals surface area (Å²) in [4.78, 5) is 0. The van der Waals surface area contributed by atoms with Crippen LogP contribution in [0.4, 0.5) is 13.2 Å². The SMILES string of the molecule is O[C@@]1(C(F)(F)F)CC(c2cc3c(cc2Br)OCCO3)=NN1. The van der Waals surface area contributed by atoms with Crippen LogP contribution in [0, 0.1) is 0 Å². The summed E-state index contributed by atoms with van der Waals surface area (Å²) in [5, 5.41) is 13.2. The number of rotatable bonds is 1. The molecular weight excluding hydrogens is 357 g/mol. The number of nitrogens with zero attached hydrogens (tertiary/aromatic N) is 1. The maximum atomic E-state index is 12.8. The second kappa shape index (κ2) is 4.77. The Hall–Kier alpha value is -1.48. The number of hydrazone groups is 1. The van der Waals surface area contributed by atoms with Gasteiger partial charge >= 0.3 is 6.18 Å². The first-order valence-electron chi connectivity index (χ1n) is 6.02. The molecule has 0 aliphatic carbocycles. The van der Waals surface area contributed by atoms with Crippen LogP contribution in [0.5, 0.6) is 11.5 Å². The number of hydrogen-bond donors (Lipinski definition) is 2. The summed E-state index contributed by atoms with van der Waals surface area (Å²) in [7, 11) is 0. The fraction of sp³-hybridized carbons (Fsp3) is 0.417. The second-order valence-electron chi connectivity index (χ2n) is 4.68. The smallest absolute Gasteiger partial charge is 0.438 e. The van der Waals surface area contributed by atoms with Crippen LogP contribution in [0.3, 0.4) is 0 Å². The Balaban J connectivity index is 1.92. The third-order valence-electron chi connectivity index (χ3n) is 3.21. The van der Waals surface area contributed by atoms with E-state index in [4.69, 9.17) is 9.47 Å². The van der Waals surface area contributed by atoms with Gasteiger partial charge in [-0.1, -0.05) is 0 Å². The summed E-state index contributed by atoms with van der Waals surface area (Å²) in [6.45, 7) is 0.778. The van der Waals surface area contributed by atoms with E-state index in [0.29, 0.717) is 34.7 Å². The molecule has 2 aliphatic heterocycles. The Kier molecular flexibility index (Phi) is 3.28. The Morgan fingerprint density at radius 1 is 1.24 bits per heavy atom. The molecule has 21 heavy (non-hydrogen) atoms. The Labute approximate surface area is 125 Å². The van der Waals surface area contributed by atoms with Crippen molar-refractivity contribution in [1.29, 1.82) is 0 Å². The maximum Gasteiger partial charge on any atom is 0.438 e. The van der Waals surface area contributed by atoms with Crippen LogP contribution in [0.2, 0.25) is 0 Å². The van der Waals surface area contributed by atoms with Gasteiger partial charge in [-0.3, -0.25) is 5.43 Å². The largest absolute Gasteiger partial charge is 0.486 e. The monoisotopic (exact) mass is 366 g/mol. The van der Waals surface area contributed by atoms with Crippen molar-refractivity contribution in [3.63, 3.8) is 0 Å². The molecule has 2 heterocycles. The molecule has 0 amide bonds. The Bertz CT molecular complexity index is 621. The van der Waals surface area contributed by atoms with E-state index in [2.05, 4.69) is 21.0 Å². The van der Waals surface area contributed by atoms with Gasteiger partial charge in [-0.25, -0.2) is 0 Å². The predicted octanol–water partition coefficient (Wildman–Crippen LogP) is 2.17. The van der Waals surface area contributed by atoms with Gasteiger partial charge < -0.3 is 14.6 Å². The summed E-state index contributed by atoms with van der Waals surface area (Å²) in [6, 6.07) is 3.15. The molecular formula is C12H10BrF3N2O3. The number of fused-ring (bicyclic) bond motifs is 1. The van der Waals surface area contributed by atoms with Gasteiger partial charge in [0.2, 0.25) is 0 Å². The van der Waals surface area contributed by atoms with Gasteiger partial charge in [-0.2, -0.15) is 18.3 Å². The highest BCUT2D eigenvalue weighted by Gasteiger charge is 2.57. The van der Waals surface area contributed by atoms with Crippen molar-refractivity contribution in [2.24, 2.45) is 5.10 Å². The maximum absolute atomic E-state index is 12.8. The first kappa shape index (κ1) is 14.5. The molecule has 0 bridgehead atoms. The van der Waals surface area contributed by atoms with Gasteiger partial charge in [0.05, 0.1) is 12.1 Å². The van der Waals surface area contributed by atoms with Crippen molar-refractivity contribution in [2.75, 3.05) is 13.2 Å². The zero-order chi connectivity index (χ0) is 15.3. The van der Waals surface area contributed by atoms with Gasteiger partial charge in [0.1, 0.15) is 13.2 Å². The minimum atomic E-state index is -4.82. The van der Waals surface area contributed by atoms with Crippen LogP contribution >= 0.6 is 15.9 Å². The number of nitrogens with one attached hydrogen (secondary N) is 1. The van der Waals surface area contributed by atoms with Crippen molar-refractivity contribution in [1.82, 2.24) is 5.43 Å². The van der Waals surface area contributed by atoms with Crippen molar-refractivity contribution in [3.8, 4) is 11.5 Å². The van der Waals surface area contributed by atoms with Crippen molar-refractivity contribution in [2.45, 2.75) is 18.3 Å². The zero-order valence-electron chi connectivity index (χ0n) is 10.5. The average molecular weight is 367 g/mol. The van der Waals surface area contributed by atoms with E-state index < -0.39 is 18.3 Å². The molecule has 114 valence electrons. The molecule has 0 spiro atoms. The zero-order valence-corrected chi connectivity index (χ0v) is 12.1. The predicted molar refractivity (Wildman–Crippen MR) is 70.4 cm³/mol. The summed E-state index contributed by atoms with van der Waals surface area (Å²) in [5.41, 5.74) is -0.801. The topological polar surface area (TPSA) is 63.1 Å². The first-order chi connectivity index (χ1) is 9.80. The average Bonchev–Trinajstić information content (AvgIpc) is 2.81. The van der Waals surface area contributed by atoms with Crippen LogP contribution in [0.15, 0.2) is 21.7 Å². The third kappa shape index (κ3) is 2.44. The molecule has 0 saturated heterocycles. The van der Waals surface area contributed by atoms with E-state index in [1.165, 1.54) is 0 Å². The minimum Gasteiger partial charge on any atom is -0.486 e. The van der Waals surface area contributed by atoms with Gasteiger partial charge in [-0.05, 0) is 28.1 Å². The minimum absolute atomic E-state index is 0.0821. The number of aliphatic hydroxyl groups is 1. The molecule has 0 fully saturated rings. The number of alkyl halides is 3. The van der Waals surface area contributed by atoms with Gasteiger partial charge in [0, 0.05) is 10.0 Å². The number of hydrogen-bond acceptors (Lipinski definition) is 5. The quantitative estimate of drug-likeness (QED) is 0.799. The summed E-state index contributed by atoms with van der Waals surface area (Å²) in [5.74, 6) is 0.944. The molecule has 0 radical (unpaired) electrons. The summed E-state index contributed by atoms with van der Waals surface area (Å²) < 4.78 is 49.6. The highest BCUT2D eigenvalue weighted by atomic mass is 79.9. The molecule has 5 nitrogen and oxygen atoms in total. The van der Waals surface area contributed by atoms with E-state index in [1.54, 1.807) is 17.6 Å². The lowest BCUT2D eigenvalue weighted by atomic mass is 10.0. The molecule has 2 aliphatic rings. The fourth-order valence-corrected chi connectivity index (χ4v) is 2.64. The van der Waals surface area contributed by atoms with Gasteiger partial charge in [0.15, 0.2) is 11.5 Å². The Morgan fingerprint density at radius 3 is 2.43 bits per heavy atom. The van der Waals surface area contributed by atoms with Crippen LogP contribution in [-0.4, -0.2) is 35.9 Å². The highest BCUT2D eigenvalue weighted by molar-refractivity contribution is 9.10. The third-order valence-corrected chi connectivity index (χ3v) is 3.87.